The van der Waals surface area contributed by atoms with Gasteiger partial charge in [0.15, 0.2) is 0 Å². The van der Waals surface area contributed by atoms with Gasteiger partial charge in [-0.15, -0.1) is 0 Å². The normalized spacial score (nSPS) is 11.7. The van der Waals surface area contributed by atoms with Crippen LogP contribution in [0.4, 0.5) is 0 Å². The fourth-order valence-corrected chi connectivity index (χ4v) is 2.65. The number of rotatable bonds is 4. The van der Waals surface area contributed by atoms with Crippen molar-refractivity contribution in [3.8, 4) is 0 Å². The van der Waals surface area contributed by atoms with Gasteiger partial charge in [-0.2, -0.15) is 0 Å². The lowest BCUT2D eigenvalue weighted by Crippen LogP contribution is -1.84. The van der Waals surface area contributed by atoms with Crippen molar-refractivity contribution < 1.29 is 0 Å². The monoisotopic (exact) mass is 259 g/mol. The van der Waals surface area contributed by atoms with Crippen molar-refractivity contribution in [1.29, 1.82) is 0 Å². The largest absolute Gasteiger partial charge is 0.0760 e. The molecule has 3 rings (SSSR count). The third kappa shape index (κ3) is 2.46. The summed E-state index contributed by atoms with van der Waals surface area (Å²) in [5.74, 6) is 0. The van der Waals surface area contributed by atoms with Gasteiger partial charge in [-0.25, -0.2) is 0 Å². The average Bonchev–Trinajstić information content (AvgIpc) is 2.50. The SMILES string of the molecule is CCCC/C=[C]\c1c2ccccc2cc2ccccc12. The molecule has 0 saturated carbocycles. The van der Waals surface area contributed by atoms with Crippen molar-refractivity contribution in [3.63, 3.8) is 0 Å². The molecule has 3 aromatic rings. The van der Waals surface area contributed by atoms with Crippen LogP contribution >= 0.6 is 0 Å². The molecule has 0 bridgehead atoms. The fourth-order valence-electron chi connectivity index (χ4n) is 2.65. The van der Waals surface area contributed by atoms with Gasteiger partial charge in [0.1, 0.15) is 0 Å². The van der Waals surface area contributed by atoms with E-state index in [0.29, 0.717) is 0 Å². The molecule has 0 heteroatoms. The predicted molar refractivity (Wildman–Crippen MR) is 87.9 cm³/mol. The molecule has 3 aromatic carbocycles. The molecular weight excluding hydrogens is 240 g/mol. The first-order valence-corrected chi connectivity index (χ1v) is 7.39. The van der Waals surface area contributed by atoms with Gasteiger partial charge in [-0.05, 0) is 45.7 Å². The van der Waals surface area contributed by atoms with Gasteiger partial charge < -0.3 is 0 Å². The summed E-state index contributed by atoms with van der Waals surface area (Å²) in [6.45, 7) is 2.22. The van der Waals surface area contributed by atoms with Crippen molar-refractivity contribution in [2.24, 2.45) is 0 Å². The molecule has 0 aliphatic heterocycles. The van der Waals surface area contributed by atoms with E-state index in [1.165, 1.54) is 39.9 Å². The van der Waals surface area contributed by atoms with Gasteiger partial charge >= 0.3 is 0 Å². The minimum absolute atomic E-state index is 1.11. The Bertz CT molecular complexity index is 696. The number of hydrogen-bond donors (Lipinski definition) is 0. The first-order valence-electron chi connectivity index (χ1n) is 7.39. The Morgan fingerprint density at radius 3 is 2.10 bits per heavy atom. The maximum Gasteiger partial charge on any atom is -0.00239 e. The number of unbranched alkanes of at least 4 members (excludes halogenated alkanes) is 2. The van der Waals surface area contributed by atoms with Crippen LogP contribution in [0.3, 0.4) is 0 Å². The third-order valence-electron chi connectivity index (χ3n) is 3.72. The number of fused-ring (bicyclic) bond motifs is 2. The molecule has 0 nitrogen and oxygen atoms in total. The molecule has 0 aromatic heterocycles. The van der Waals surface area contributed by atoms with E-state index in [9.17, 15) is 0 Å². The molecule has 0 aliphatic carbocycles. The van der Waals surface area contributed by atoms with Crippen LogP contribution in [-0.4, -0.2) is 0 Å². The van der Waals surface area contributed by atoms with Gasteiger partial charge in [0, 0.05) is 0 Å². The first-order chi connectivity index (χ1) is 9.90. The van der Waals surface area contributed by atoms with Crippen LogP contribution in [0.15, 0.2) is 60.7 Å². The summed E-state index contributed by atoms with van der Waals surface area (Å²) in [7, 11) is 0. The Morgan fingerprint density at radius 2 is 1.50 bits per heavy atom. The lowest BCUT2D eigenvalue weighted by Gasteiger charge is -2.07. The highest BCUT2D eigenvalue weighted by Crippen LogP contribution is 2.28. The van der Waals surface area contributed by atoms with Crippen molar-refractivity contribution in [2.45, 2.75) is 26.2 Å². The second-order valence-corrected chi connectivity index (χ2v) is 5.18. The van der Waals surface area contributed by atoms with Gasteiger partial charge in [0.05, 0.1) is 0 Å². The standard InChI is InChI=1S/C20H19/c1-2-3-4-5-14-20-18-12-8-6-10-16(18)15-17-11-7-9-13-19(17)20/h5-13,15H,2-4H2,1H3. The predicted octanol–water partition coefficient (Wildman–Crippen LogP) is 5.89. The first kappa shape index (κ1) is 12.9. The Kier molecular flexibility index (Phi) is 3.83. The van der Waals surface area contributed by atoms with E-state index in [1.54, 1.807) is 0 Å². The second kappa shape index (κ2) is 5.92. The number of benzene rings is 3. The maximum absolute atomic E-state index is 3.54. The lowest BCUT2D eigenvalue weighted by atomic mass is 9.96. The minimum Gasteiger partial charge on any atom is -0.0760 e. The van der Waals surface area contributed by atoms with Crippen LogP contribution in [0.25, 0.3) is 21.5 Å². The minimum atomic E-state index is 1.11. The third-order valence-corrected chi connectivity index (χ3v) is 3.72. The summed E-state index contributed by atoms with van der Waals surface area (Å²) >= 11 is 0. The molecule has 99 valence electrons. The van der Waals surface area contributed by atoms with Crippen LogP contribution in [0, 0.1) is 6.08 Å². The summed E-state index contributed by atoms with van der Waals surface area (Å²) in [6.07, 6.45) is 9.30. The molecule has 20 heavy (non-hydrogen) atoms. The van der Waals surface area contributed by atoms with Crippen LogP contribution in [0.2, 0.25) is 0 Å². The van der Waals surface area contributed by atoms with Crippen LogP contribution in [0.1, 0.15) is 31.7 Å². The lowest BCUT2D eigenvalue weighted by molar-refractivity contribution is 0.813. The molecule has 0 heterocycles. The van der Waals surface area contributed by atoms with Crippen LogP contribution in [-0.2, 0) is 0 Å². The highest BCUT2D eigenvalue weighted by atomic mass is 14.1. The molecule has 0 aliphatic rings. The second-order valence-electron chi connectivity index (χ2n) is 5.18. The van der Waals surface area contributed by atoms with E-state index in [2.05, 4.69) is 73.7 Å². The summed E-state index contributed by atoms with van der Waals surface area (Å²) in [5.41, 5.74) is 1.23. The van der Waals surface area contributed by atoms with Crippen LogP contribution < -0.4 is 0 Å². The summed E-state index contributed by atoms with van der Waals surface area (Å²) in [4.78, 5) is 0. The summed E-state index contributed by atoms with van der Waals surface area (Å²) < 4.78 is 0. The van der Waals surface area contributed by atoms with E-state index in [4.69, 9.17) is 0 Å². The van der Waals surface area contributed by atoms with Crippen LogP contribution in [0.5, 0.6) is 0 Å². The number of allylic oxidation sites excluding steroid dienone is 1. The molecule has 0 spiro atoms. The molecule has 0 amide bonds. The molecule has 0 saturated heterocycles. The highest BCUT2D eigenvalue weighted by Gasteiger charge is 2.04. The van der Waals surface area contributed by atoms with Crippen molar-refractivity contribution in [1.82, 2.24) is 0 Å². The van der Waals surface area contributed by atoms with Gasteiger partial charge in [-0.1, -0.05) is 74.4 Å². The zero-order valence-electron chi connectivity index (χ0n) is 11.9. The molecule has 0 unspecified atom stereocenters. The Balaban J connectivity index is 2.20. The van der Waals surface area contributed by atoms with Crippen molar-refractivity contribution >= 4 is 21.5 Å². The molecule has 1 radical (unpaired) electrons. The van der Waals surface area contributed by atoms with E-state index >= 15 is 0 Å². The Labute approximate surface area is 120 Å². The zero-order valence-corrected chi connectivity index (χ0v) is 11.9. The van der Waals surface area contributed by atoms with E-state index in [1.807, 2.05) is 0 Å². The maximum atomic E-state index is 3.54. The van der Waals surface area contributed by atoms with Crippen molar-refractivity contribution in [3.05, 3.63) is 72.3 Å². The highest BCUT2D eigenvalue weighted by molar-refractivity contribution is 6.03. The van der Waals surface area contributed by atoms with Crippen molar-refractivity contribution in [2.75, 3.05) is 0 Å². The smallest absolute Gasteiger partial charge is 0.00239 e. The fraction of sp³-hybridized carbons (Fsp3) is 0.200. The van der Waals surface area contributed by atoms with Gasteiger partial charge in [0.25, 0.3) is 0 Å². The molecule has 0 atom stereocenters. The van der Waals surface area contributed by atoms with E-state index in [0.717, 1.165) is 6.42 Å². The summed E-state index contributed by atoms with van der Waals surface area (Å²) in [5, 5.41) is 5.16. The average molecular weight is 259 g/mol. The molecular formula is C20H19. The molecule has 0 fully saturated rings. The van der Waals surface area contributed by atoms with E-state index in [-0.39, 0.29) is 0 Å². The van der Waals surface area contributed by atoms with Gasteiger partial charge in [-0.3, -0.25) is 0 Å². The topological polar surface area (TPSA) is 0 Å². The quantitative estimate of drug-likeness (QED) is 0.405. The zero-order chi connectivity index (χ0) is 13.8. The Hall–Kier alpha value is -2.08. The Morgan fingerprint density at radius 1 is 0.900 bits per heavy atom. The summed E-state index contributed by atoms with van der Waals surface area (Å²) in [6, 6.07) is 19.4. The molecule has 0 N–H and O–H groups in total. The number of hydrogen-bond acceptors (Lipinski definition) is 0. The van der Waals surface area contributed by atoms with E-state index < -0.39 is 0 Å². The van der Waals surface area contributed by atoms with Gasteiger partial charge in [0.2, 0.25) is 0 Å².